The maximum atomic E-state index is 9.67. The van der Waals surface area contributed by atoms with Crippen LogP contribution in [0.5, 0.6) is 11.5 Å². The number of ether oxygens (including phenoxy) is 2. The van der Waals surface area contributed by atoms with E-state index in [4.69, 9.17) is 31.2 Å². The molecule has 0 saturated carbocycles. The SMILES string of the molecule is CC(O)n1ccc2c(N)ccc(OCCO)c21.Nc1ccc(OCCO)c2[nH]ccc12. The number of aliphatic hydroxyl groups is 3. The molecule has 0 aliphatic carbocycles. The van der Waals surface area contributed by atoms with Gasteiger partial charge in [-0.05, 0) is 43.3 Å². The molecule has 166 valence electrons. The quantitative estimate of drug-likeness (QED) is 0.247. The van der Waals surface area contributed by atoms with Gasteiger partial charge in [-0.2, -0.15) is 0 Å². The molecule has 1 atom stereocenters. The Morgan fingerprint density at radius 3 is 2.16 bits per heavy atom. The number of nitrogens with two attached hydrogens (primary N) is 2. The summed E-state index contributed by atoms with van der Waals surface area (Å²) in [4.78, 5) is 3.05. The summed E-state index contributed by atoms with van der Waals surface area (Å²) in [5.41, 5.74) is 14.6. The third-order valence-corrected chi connectivity index (χ3v) is 4.69. The smallest absolute Gasteiger partial charge is 0.143 e. The van der Waals surface area contributed by atoms with Gasteiger partial charge in [-0.25, -0.2) is 0 Å². The molecule has 0 radical (unpaired) electrons. The lowest BCUT2D eigenvalue weighted by atomic mass is 10.2. The molecule has 9 heteroatoms. The van der Waals surface area contributed by atoms with Crippen LogP contribution >= 0.6 is 0 Å². The molecule has 0 saturated heterocycles. The topological polar surface area (TPSA) is 152 Å². The molecular formula is C22H28N4O5. The Balaban J connectivity index is 0.000000179. The highest BCUT2D eigenvalue weighted by atomic mass is 16.5. The number of aromatic amines is 1. The van der Waals surface area contributed by atoms with Crippen molar-refractivity contribution < 1.29 is 24.8 Å². The van der Waals surface area contributed by atoms with E-state index in [0.29, 0.717) is 17.2 Å². The molecule has 1 unspecified atom stereocenters. The average molecular weight is 428 g/mol. The standard InChI is InChI=1S/C12H16N2O3.C10H12N2O2/c1-8(16)14-5-4-9-10(13)2-3-11(12(9)14)17-7-6-15;11-8-1-2-9(14-6-5-13)10-7(8)3-4-12-10/h2-5,8,15-16H,6-7,13H2,1H3;1-4,12-13H,5-6,11H2. The van der Waals surface area contributed by atoms with E-state index < -0.39 is 6.23 Å². The van der Waals surface area contributed by atoms with Gasteiger partial charge in [0.25, 0.3) is 0 Å². The predicted molar refractivity (Wildman–Crippen MR) is 121 cm³/mol. The predicted octanol–water partition coefficient (Wildman–Crippen LogP) is 2.23. The van der Waals surface area contributed by atoms with Gasteiger partial charge in [-0.15, -0.1) is 0 Å². The van der Waals surface area contributed by atoms with Crippen molar-refractivity contribution in [2.24, 2.45) is 0 Å². The summed E-state index contributed by atoms with van der Waals surface area (Å²) in [6.07, 6.45) is 2.91. The highest BCUT2D eigenvalue weighted by Crippen LogP contribution is 2.32. The second kappa shape index (κ2) is 10.1. The number of fused-ring (bicyclic) bond motifs is 2. The molecule has 0 fully saturated rings. The normalized spacial score (nSPS) is 11.9. The summed E-state index contributed by atoms with van der Waals surface area (Å²) in [6, 6.07) is 10.8. The van der Waals surface area contributed by atoms with Crippen LogP contribution < -0.4 is 20.9 Å². The summed E-state index contributed by atoms with van der Waals surface area (Å²) in [5.74, 6) is 1.32. The minimum absolute atomic E-state index is 0.00653. The minimum Gasteiger partial charge on any atom is -0.489 e. The number of hydrogen-bond donors (Lipinski definition) is 6. The number of anilines is 2. The maximum absolute atomic E-state index is 9.67. The Kier molecular flexibility index (Phi) is 7.24. The van der Waals surface area contributed by atoms with Crippen molar-refractivity contribution in [1.29, 1.82) is 0 Å². The van der Waals surface area contributed by atoms with Crippen molar-refractivity contribution in [1.82, 2.24) is 9.55 Å². The van der Waals surface area contributed by atoms with Crippen LogP contribution in [0.2, 0.25) is 0 Å². The van der Waals surface area contributed by atoms with Crippen LogP contribution in [0.1, 0.15) is 13.2 Å². The Morgan fingerprint density at radius 2 is 1.52 bits per heavy atom. The van der Waals surface area contributed by atoms with Gasteiger partial charge in [-0.1, -0.05) is 0 Å². The summed E-state index contributed by atoms with van der Waals surface area (Å²) in [6.45, 7) is 2.12. The van der Waals surface area contributed by atoms with Crippen LogP contribution in [0.4, 0.5) is 11.4 Å². The zero-order valence-electron chi connectivity index (χ0n) is 17.3. The molecule has 2 aromatic heterocycles. The lowest BCUT2D eigenvalue weighted by Crippen LogP contribution is -2.06. The van der Waals surface area contributed by atoms with Crippen molar-refractivity contribution in [2.45, 2.75) is 13.2 Å². The molecule has 0 aliphatic rings. The van der Waals surface area contributed by atoms with Gasteiger partial charge >= 0.3 is 0 Å². The first-order valence-corrected chi connectivity index (χ1v) is 9.88. The summed E-state index contributed by atoms with van der Waals surface area (Å²) < 4.78 is 12.5. The highest BCUT2D eigenvalue weighted by Gasteiger charge is 2.12. The Morgan fingerprint density at radius 1 is 0.903 bits per heavy atom. The minimum atomic E-state index is -0.661. The monoisotopic (exact) mass is 428 g/mol. The van der Waals surface area contributed by atoms with E-state index >= 15 is 0 Å². The van der Waals surface area contributed by atoms with E-state index in [1.54, 1.807) is 42.0 Å². The molecule has 8 N–H and O–H groups in total. The van der Waals surface area contributed by atoms with Crippen LogP contribution in [0.3, 0.4) is 0 Å². The fourth-order valence-electron chi connectivity index (χ4n) is 3.29. The lowest BCUT2D eigenvalue weighted by Gasteiger charge is -2.13. The van der Waals surface area contributed by atoms with Gasteiger partial charge in [0.1, 0.15) is 30.9 Å². The van der Waals surface area contributed by atoms with Gasteiger partial charge in [0.15, 0.2) is 0 Å². The number of nitrogens with zero attached hydrogens (tertiary/aromatic N) is 1. The van der Waals surface area contributed by atoms with Gasteiger partial charge < -0.3 is 45.8 Å². The van der Waals surface area contributed by atoms with Crippen molar-refractivity contribution in [3.8, 4) is 11.5 Å². The number of aliphatic hydroxyl groups excluding tert-OH is 3. The Bertz CT molecular complexity index is 1140. The average Bonchev–Trinajstić information content (AvgIpc) is 3.42. The van der Waals surface area contributed by atoms with Gasteiger partial charge in [0, 0.05) is 34.5 Å². The van der Waals surface area contributed by atoms with E-state index in [-0.39, 0.29) is 26.4 Å². The lowest BCUT2D eigenvalue weighted by molar-refractivity contribution is 0.128. The zero-order valence-corrected chi connectivity index (χ0v) is 17.3. The molecule has 0 bridgehead atoms. The molecule has 0 spiro atoms. The molecule has 2 heterocycles. The molecule has 31 heavy (non-hydrogen) atoms. The van der Waals surface area contributed by atoms with Crippen LogP contribution in [0.25, 0.3) is 21.8 Å². The van der Waals surface area contributed by atoms with Crippen LogP contribution in [0, 0.1) is 0 Å². The Hall–Kier alpha value is -3.40. The van der Waals surface area contributed by atoms with Crippen LogP contribution in [-0.2, 0) is 0 Å². The van der Waals surface area contributed by atoms with Crippen LogP contribution in [-0.4, -0.2) is 51.3 Å². The number of rotatable bonds is 7. The number of nitrogen functional groups attached to an aromatic ring is 2. The molecule has 4 rings (SSSR count). The van der Waals surface area contributed by atoms with E-state index in [2.05, 4.69) is 4.98 Å². The Labute approximate surface area is 179 Å². The van der Waals surface area contributed by atoms with E-state index in [0.717, 1.165) is 27.5 Å². The van der Waals surface area contributed by atoms with E-state index in [9.17, 15) is 5.11 Å². The number of aromatic nitrogens is 2. The van der Waals surface area contributed by atoms with E-state index in [1.165, 1.54) is 0 Å². The molecule has 2 aromatic carbocycles. The molecule has 4 aromatic rings. The second-order valence-corrected chi connectivity index (χ2v) is 6.83. The van der Waals surface area contributed by atoms with E-state index in [1.807, 2.05) is 18.3 Å². The van der Waals surface area contributed by atoms with Gasteiger partial charge in [0.05, 0.1) is 24.2 Å². The largest absolute Gasteiger partial charge is 0.489 e. The molecule has 0 amide bonds. The maximum Gasteiger partial charge on any atom is 0.143 e. The summed E-state index contributed by atoms with van der Waals surface area (Å²) in [7, 11) is 0. The van der Waals surface area contributed by atoms with Crippen molar-refractivity contribution >= 4 is 33.2 Å². The number of nitrogens with one attached hydrogen (secondary N) is 1. The first-order chi connectivity index (χ1) is 15.0. The first kappa shape index (κ1) is 22.3. The zero-order chi connectivity index (χ0) is 22.4. The molecular weight excluding hydrogens is 400 g/mol. The third kappa shape index (κ3) is 4.85. The van der Waals surface area contributed by atoms with Gasteiger partial charge in [0.2, 0.25) is 0 Å². The summed E-state index contributed by atoms with van der Waals surface area (Å²) in [5, 5.41) is 28.9. The summed E-state index contributed by atoms with van der Waals surface area (Å²) >= 11 is 0. The number of H-pyrrole nitrogens is 1. The highest BCUT2D eigenvalue weighted by molar-refractivity contribution is 5.96. The fraction of sp³-hybridized carbons (Fsp3) is 0.273. The second-order valence-electron chi connectivity index (χ2n) is 6.83. The number of hydrogen-bond acceptors (Lipinski definition) is 7. The van der Waals surface area contributed by atoms with Crippen molar-refractivity contribution in [3.05, 3.63) is 48.8 Å². The van der Waals surface area contributed by atoms with Gasteiger partial charge in [-0.3, -0.25) is 0 Å². The van der Waals surface area contributed by atoms with Crippen molar-refractivity contribution in [3.63, 3.8) is 0 Å². The first-order valence-electron chi connectivity index (χ1n) is 9.88. The van der Waals surface area contributed by atoms with Crippen molar-refractivity contribution in [2.75, 3.05) is 37.9 Å². The fourth-order valence-corrected chi connectivity index (χ4v) is 3.29. The molecule has 0 aliphatic heterocycles. The third-order valence-electron chi connectivity index (χ3n) is 4.69. The molecule has 9 nitrogen and oxygen atoms in total. The van der Waals surface area contributed by atoms with Crippen LogP contribution in [0.15, 0.2) is 48.8 Å². The number of benzene rings is 2.